The molecule has 1 unspecified atom stereocenters. The van der Waals surface area contributed by atoms with Gasteiger partial charge in [0.05, 0.1) is 11.6 Å². The quantitative estimate of drug-likeness (QED) is 0.169. The van der Waals surface area contributed by atoms with E-state index in [9.17, 15) is 24.6 Å². The molecule has 4 rings (SSSR count). The topological polar surface area (TPSA) is 157 Å². The number of phenolic OH excluding ortho intramolecular Hbond substituents is 2. The average molecular weight is 457 g/mol. The molecule has 0 spiro atoms. The van der Waals surface area contributed by atoms with E-state index in [1.807, 2.05) is 0 Å². The van der Waals surface area contributed by atoms with Crippen molar-refractivity contribution < 1.29 is 19.8 Å². The third kappa shape index (κ3) is 4.75. The third-order valence-electron chi connectivity index (χ3n) is 4.96. The molecule has 2 amide bonds. The van der Waals surface area contributed by atoms with Crippen LogP contribution in [-0.2, 0) is 4.79 Å². The largest absolute Gasteiger partial charge is 0.504 e. The Morgan fingerprint density at radius 3 is 2.38 bits per heavy atom. The Morgan fingerprint density at radius 1 is 0.941 bits per heavy atom. The minimum Gasteiger partial charge on any atom is -0.504 e. The first-order chi connectivity index (χ1) is 16.4. The minimum absolute atomic E-state index is 0.134. The Labute approximate surface area is 192 Å². The van der Waals surface area contributed by atoms with Crippen LogP contribution in [0.1, 0.15) is 27.7 Å². The van der Waals surface area contributed by atoms with Crippen LogP contribution in [0.25, 0.3) is 10.8 Å². The van der Waals surface area contributed by atoms with Crippen LogP contribution in [0.5, 0.6) is 11.5 Å². The van der Waals surface area contributed by atoms with Crippen LogP contribution in [0.15, 0.2) is 82.7 Å². The van der Waals surface area contributed by atoms with Gasteiger partial charge in [-0.1, -0.05) is 36.4 Å². The molecule has 0 saturated heterocycles. The van der Waals surface area contributed by atoms with Gasteiger partial charge in [0.2, 0.25) is 0 Å². The van der Waals surface area contributed by atoms with E-state index >= 15 is 0 Å². The van der Waals surface area contributed by atoms with Gasteiger partial charge < -0.3 is 15.5 Å². The van der Waals surface area contributed by atoms with Crippen LogP contribution in [-0.4, -0.2) is 38.4 Å². The van der Waals surface area contributed by atoms with E-state index in [1.165, 1.54) is 24.4 Å². The van der Waals surface area contributed by atoms with Gasteiger partial charge in [-0.2, -0.15) is 10.2 Å². The average Bonchev–Trinajstić information content (AvgIpc) is 2.86. The Bertz CT molecular complexity index is 1450. The van der Waals surface area contributed by atoms with E-state index in [0.29, 0.717) is 21.9 Å². The molecular formula is C24H19N5O5. The lowest BCUT2D eigenvalue weighted by molar-refractivity contribution is -0.123. The summed E-state index contributed by atoms with van der Waals surface area (Å²) in [5.74, 6) is -1.87. The second-order valence-electron chi connectivity index (χ2n) is 7.24. The summed E-state index contributed by atoms with van der Waals surface area (Å²) in [7, 11) is 0. The standard InChI is InChI=1S/C24H19N5O5/c30-18-11-10-14(12-19(18)31)13-25-28-24(34)21(26-22(32)15-6-2-1-3-7-15)20-16-8-4-5-9-17(16)23(33)29-27-20/h1-13,21,30-31H,(H,26,32)(H,28,34)(H,29,33)/b25-13-. The fourth-order valence-electron chi connectivity index (χ4n) is 3.27. The maximum Gasteiger partial charge on any atom is 0.272 e. The van der Waals surface area contributed by atoms with Gasteiger partial charge in [-0.3, -0.25) is 14.4 Å². The van der Waals surface area contributed by atoms with Crippen LogP contribution in [0.3, 0.4) is 0 Å². The van der Waals surface area contributed by atoms with Crippen molar-refractivity contribution in [2.75, 3.05) is 0 Å². The number of hydrogen-bond donors (Lipinski definition) is 5. The SMILES string of the molecule is O=C(NC(C(=O)N/N=C\c1ccc(O)c(O)c1)c1n[nH]c(=O)c2ccccc12)c1ccccc1. The van der Waals surface area contributed by atoms with Crippen molar-refractivity contribution >= 4 is 28.8 Å². The Balaban J connectivity index is 1.66. The zero-order valence-corrected chi connectivity index (χ0v) is 17.6. The molecule has 0 aliphatic rings. The summed E-state index contributed by atoms with van der Waals surface area (Å²) in [6.45, 7) is 0. The van der Waals surface area contributed by atoms with E-state index in [0.717, 1.165) is 0 Å². The third-order valence-corrected chi connectivity index (χ3v) is 4.96. The molecule has 4 aromatic rings. The molecule has 0 saturated carbocycles. The molecule has 5 N–H and O–H groups in total. The van der Waals surface area contributed by atoms with Gasteiger partial charge in [-0.25, -0.2) is 10.5 Å². The predicted molar refractivity (Wildman–Crippen MR) is 125 cm³/mol. The number of nitrogens with one attached hydrogen (secondary N) is 3. The fourth-order valence-corrected chi connectivity index (χ4v) is 3.27. The zero-order valence-electron chi connectivity index (χ0n) is 17.6. The van der Waals surface area contributed by atoms with Crippen molar-refractivity contribution in [2.45, 2.75) is 6.04 Å². The number of aromatic hydroxyl groups is 2. The number of benzene rings is 3. The van der Waals surface area contributed by atoms with Crippen molar-refractivity contribution in [3.63, 3.8) is 0 Å². The van der Waals surface area contributed by atoms with Gasteiger partial charge in [0.1, 0.15) is 5.69 Å². The number of aromatic nitrogens is 2. The summed E-state index contributed by atoms with van der Waals surface area (Å²) in [5.41, 5.74) is 2.78. The molecule has 34 heavy (non-hydrogen) atoms. The number of amides is 2. The van der Waals surface area contributed by atoms with Gasteiger partial charge in [-0.15, -0.1) is 0 Å². The van der Waals surface area contributed by atoms with Gasteiger partial charge in [-0.05, 0) is 42.0 Å². The second kappa shape index (κ2) is 9.65. The van der Waals surface area contributed by atoms with Crippen molar-refractivity contribution in [3.8, 4) is 11.5 Å². The van der Waals surface area contributed by atoms with Gasteiger partial charge >= 0.3 is 0 Å². The maximum atomic E-state index is 13.1. The lowest BCUT2D eigenvalue weighted by Gasteiger charge is -2.18. The number of H-pyrrole nitrogens is 1. The van der Waals surface area contributed by atoms with E-state index in [2.05, 4.69) is 26.0 Å². The fraction of sp³-hybridized carbons (Fsp3) is 0.0417. The molecular weight excluding hydrogens is 438 g/mol. The monoisotopic (exact) mass is 457 g/mol. The highest BCUT2D eigenvalue weighted by molar-refractivity contribution is 5.99. The number of hydrazone groups is 1. The Hall–Kier alpha value is -4.99. The highest BCUT2D eigenvalue weighted by atomic mass is 16.3. The first-order valence-electron chi connectivity index (χ1n) is 10.1. The Kier molecular flexibility index (Phi) is 6.31. The first kappa shape index (κ1) is 22.2. The molecule has 1 heterocycles. The second-order valence-corrected chi connectivity index (χ2v) is 7.24. The number of nitrogens with zero attached hydrogens (tertiary/aromatic N) is 2. The van der Waals surface area contributed by atoms with Crippen LogP contribution in [0.2, 0.25) is 0 Å². The summed E-state index contributed by atoms with van der Waals surface area (Å²) in [4.78, 5) is 38.1. The lowest BCUT2D eigenvalue weighted by Crippen LogP contribution is -2.40. The predicted octanol–water partition coefficient (Wildman–Crippen LogP) is 1.96. The molecule has 0 aliphatic carbocycles. The minimum atomic E-state index is -1.29. The van der Waals surface area contributed by atoms with Crippen molar-refractivity contribution in [1.29, 1.82) is 0 Å². The summed E-state index contributed by atoms with van der Waals surface area (Å²) < 4.78 is 0. The highest BCUT2D eigenvalue weighted by Crippen LogP contribution is 2.24. The number of rotatable bonds is 6. The number of hydrogen-bond acceptors (Lipinski definition) is 7. The van der Waals surface area contributed by atoms with Crippen LogP contribution in [0, 0.1) is 0 Å². The highest BCUT2D eigenvalue weighted by Gasteiger charge is 2.27. The number of phenols is 2. The summed E-state index contributed by atoms with van der Waals surface area (Å²) in [6, 6.07) is 17.6. The van der Waals surface area contributed by atoms with E-state index in [-0.39, 0.29) is 17.2 Å². The van der Waals surface area contributed by atoms with E-state index in [4.69, 9.17) is 0 Å². The molecule has 3 aromatic carbocycles. The van der Waals surface area contributed by atoms with E-state index in [1.54, 1.807) is 54.6 Å². The number of carbonyl (C=O) groups excluding carboxylic acids is 2. The van der Waals surface area contributed by atoms with Gasteiger partial charge in [0, 0.05) is 10.9 Å². The molecule has 0 fully saturated rings. The van der Waals surface area contributed by atoms with Crippen LogP contribution < -0.4 is 16.3 Å². The van der Waals surface area contributed by atoms with Crippen LogP contribution in [0.4, 0.5) is 0 Å². The molecule has 10 nitrogen and oxygen atoms in total. The Morgan fingerprint density at radius 2 is 1.65 bits per heavy atom. The molecule has 10 heteroatoms. The van der Waals surface area contributed by atoms with Crippen molar-refractivity contribution in [3.05, 3.63) is 100.0 Å². The lowest BCUT2D eigenvalue weighted by atomic mass is 10.0. The summed E-state index contributed by atoms with van der Waals surface area (Å²) in [6.07, 6.45) is 1.26. The molecule has 170 valence electrons. The number of fused-ring (bicyclic) bond motifs is 1. The maximum absolute atomic E-state index is 13.1. The van der Waals surface area contributed by atoms with Crippen molar-refractivity contribution in [1.82, 2.24) is 20.9 Å². The normalized spacial score (nSPS) is 11.9. The summed E-state index contributed by atoms with van der Waals surface area (Å²) in [5, 5.41) is 32.6. The van der Waals surface area contributed by atoms with Gasteiger partial charge in [0.15, 0.2) is 17.5 Å². The van der Waals surface area contributed by atoms with Gasteiger partial charge in [0.25, 0.3) is 17.4 Å². The molecule has 0 aliphatic heterocycles. The molecule has 0 radical (unpaired) electrons. The number of carbonyl (C=O) groups is 2. The zero-order chi connectivity index (χ0) is 24.1. The van der Waals surface area contributed by atoms with Crippen molar-refractivity contribution in [2.24, 2.45) is 5.10 Å². The van der Waals surface area contributed by atoms with Crippen LogP contribution >= 0.6 is 0 Å². The number of aromatic amines is 1. The first-order valence-corrected chi connectivity index (χ1v) is 10.1. The van der Waals surface area contributed by atoms with E-state index < -0.39 is 23.4 Å². The summed E-state index contributed by atoms with van der Waals surface area (Å²) >= 11 is 0. The molecule has 1 aromatic heterocycles. The molecule has 1 atom stereocenters. The molecule has 0 bridgehead atoms. The smallest absolute Gasteiger partial charge is 0.272 e.